The average molecular weight is 468 g/mol. The maximum absolute atomic E-state index is 13.9. The molecule has 0 fully saturated rings. The number of rotatable bonds is 7. The van der Waals surface area contributed by atoms with Crippen molar-refractivity contribution in [1.82, 2.24) is 0 Å². The number of halogens is 6. The van der Waals surface area contributed by atoms with Gasteiger partial charge in [-0.3, -0.25) is 0 Å². The Kier molecular flexibility index (Phi) is 7.84. The second kappa shape index (κ2) is 9.14. The van der Waals surface area contributed by atoms with Crippen LogP contribution in [0.1, 0.15) is 39.5 Å². The SMILES string of the molecule is CCCC(=O)OI(OC(=O)CCC)c1c(F)c(F)c(F)c(F)c1F. The summed E-state index contributed by atoms with van der Waals surface area (Å²) in [5.41, 5.74) is 0. The summed E-state index contributed by atoms with van der Waals surface area (Å²) in [7, 11) is 0. The van der Waals surface area contributed by atoms with Gasteiger partial charge in [0, 0.05) is 0 Å². The molecule has 0 amide bonds. The summed E-state index contributed by atoms with van der Waals surface area (Å²) < 4.78 is 75.6. The zero-order valence-corrected chi connectivity index (χ0v) is 14.9. The van der Waals surface area contributed by atoms with Crippen molar-refractivity contribution >= 4 is 32.6 Å². The van der Waals surface area contributed by atoms with E-state index < -0.39 is 65.2 Å². The molecule has 1 aromatic carbocycles. The van der Waals surface area contributed by atoms with Crippen LogP contribution in [0.25, 0.3) is 0 Å². The van der Waals surface area contributed by atoms with Crippen molar-refractivity contribution in [3.05, 3.63) is 32.7 Å². The Hall–Kier alpha value is -1.46. The van der Waals surface area contributed by atoms with E-state index in [2.05, 4.69) is 0 Å². The fourth-order valence-electron chi connectivity index (χ4n) is 1.45. The number of hydrogen-bond donors (Lipinski definition) is 0. The van der Waals surface area contributed by atoms with Crippen molar-refractivity contribution in [2.75, 3.05) is 0 Å². The van der Waals surface area contributed by atoms with Crippen molar-refractivity contribution in [2.24, 2.45) is 0 Å². The van der Waals surface area contributed by atoms with E-state index in [1.165, 1.54) is 0 Å². The molecule has 24 heavy (non-hydrogen) atoms. The first-order chi connectivity index (χ1) is 11.2. The third-order valence-corrected chi connectivity index (χ3v) is 6.14. The summed E-state index contributed by atoms with van der Waals surface area (Å²) in [4.78, 5) is 23.1. The monoisotopic (exact) mass is 468 g/mol. The number of carbonyl (C=O) groups is 2. The third kappa shape index (κ3) is 4.77. The molecule has 4 nitrogen and oxygen atoms in total. The van der Waals surface area contributed by atoms with E-state index in [9.17, 15) is 31.5 Å². The van der Waals surface area contributed by atoms with Gasteiger partial charge in [-0.1, -0.05) is 0 Å². The van der Waals surface area contributed by atoms with E-state index in [1.54, 1.807) is 13.8 Å². The first kappa shape index (κ1) is 20.6. The van der Waals surface area contributed by atoms with Crippen LogP contribution in [0.5, 0.6) is 0 Å². The van der Waals surface area contributed by atoms with Gasteiger partial charge in [-0.05, 0) is 0 Å². The molecule has 0 heterocycles. The topological polar surface area (TPSA) is 52.6 Å². The minimum atomic E-state index is -4.23. The van der Waals surface area contributed by atoms with Crippen molar-refractivity contribution in [2.45, 2.75) is 39.5 Å². The molecule has 0 bridgehead atoms. The first-order valence-corrected chi connectivity index (χ1v) is 9.72. The fraction of sp³-hybridized carbons (Fsp3) is 0.429. The predicted octanol–water partition coefficient (Wildman–Crippen LogP) is 4.57. The fourth-order valence-corrected chi connectivity index (χ4v) is 4.56. The van der Waals surface area contributed by atoms with Crippen LogP contribution in [0.15, 0.2) is 0 Å². The third-order valence-electron chi connectivity index (χ3n) is 2.53. The van der Waals surface area contributed by atoms with E-state index >= 15 is 0 Å². The number of carbonyl (C=O) groups excluding carboxylic acids is 2. The van der Waals surface area contributed by atoms with E-state index in [0.29, 0.717) is 12.8 Å². The van der Waals surface area contributed by atoms with Gasteiger partial charge < -0.3 is 0 Å². The van der Waals surface area contributed by atoms with Gasteiger partial charge in [-0.15, -0.1) is 0 Å². The van der Waals surface area contributed by atoms with Crippen LogP contribution >= 0.6 is 20.6 Å². The minimum absolute atomic E-state index is 0.158. The van der Waals surface area contributed by atoms with Crippen molar-refractivity contribution < 1.29 is 37.7 Å². The predicted molar refractivity (Wildman–Crippen MR) is 80.9 cm³/mol. The molecular weight excluding hydrogens is 454 g/mol. The number of hydrogen-bond acceptors (Lipinski definition) is 4. The van der Waals surface area contributed by atoms with E-state index in [0.717, 1.165) is 0 Å². The van der Waals surface area contributed by atoms with Gasteiger partial charge in [-0.2, -0.15) is 0 Å². The van der Waals surface area contributed by atoms with Crippen molar-refractivity contribution in [1.29, 1.82) is 0 Å². The van der Waals surface area contributed by atoms with E-state index in [-0.39, 0.29) is 12.8 Å². The summed E-state index contributed by atoms with van der Waals surface area (Å²) in [6.07, 6.45) is 0.328. The first-order valence-electron chi connectivity index (χ1n) is 6.88. The molecule has 136 valence electrons. The summed E-state index contributed by atoms with van der Waals surface area (Å²) in [5.74, 6) is -12.9. The molecule has 0 radical (unpaired) electrons. The Balaban J connectivity index is 3.33. The van der Waals surface area contributed by atoms with Crippen molar-refractivity contribution in [3.8, 4) is 0 Å². The molecule has 1 rings (SSSR count). The molecule has 0 N–H and O–H groups in total. The molecule has 0 aliphatic carbocycles. The van der Waals surface area contributed by atoms with Crippen LogP contribution in [-0.2, 0) is 15.7 Å². The second-order valence-electron chi connectivity index (χ2n) is 4.50. The van der Waals surface area contributed by atoms with Gasteiger partial charge in [0.05, 0.1) is 0 Å². The van der Waals surface area contributed by atoms with Gasteiger partial charge in [-0.25, -0.2) is 0 Å². The standard InChI is InChI=1S/C14H14F5IO4/c1-3-5-7(21)23-20(24-8(22)6-4-2)14-12(18)10(16)9(15)11(17)13(14)19/h3-6H2,1-2H3. The summed E-state index contributed by atoms with van der Waals surface area (Å²) in [6, 6.07) is 0. The average Bonchev–Trinajstić information content (AvgIpc) is 2.51. The van der Waals surface area contributed by atoms with Gasteiger partial charge >= 0.3 is 142 Å². The van der Waals surface area contributed by atoms with Crippen LogP contribution in [0.2, 0.25) is 0 Å². The Morgan fingerprint density at radius 2 is 1.08 bits per heavy atom. The molecule has 0 aliphatic rings. The summed E-state index contributed by atoms with van der Waals surface area (Å²) in [5, 5.41) is 0. The molecule has 10 heteroatoms. The molecule has 0 aromatic heterocycles. The Morgan fingerprint density at radius 3 is 1.42 bits per heavy atom. The van der Waals surface area contributed by atoms with Gasteiger partial charge in [0.2, 0.25) is 0 Å². The van der Waals surface area contributed by atoms with E-state index in [4.69, 9.17) is 6.13 Å². The van der Waals surface area contributed by atoms with Gasteiger partial charge in [0.1, 0.15) is 0 Å². The molecule has 1 aromatic rings. The number of benzene rings is 1. The van der Waals surface area contributed by atoms with Gasteiger partial charge in [0.15, 0.2) is 0 Å². The molecule has 0 atom stereocenters. The molecule has 0 saturated carbocycles. The van der Waals surface area contributed by atoms with Crippen LogP contribution in [-0.4, -0.2) is 11.9 Å². The molecular formula is C14H14F5IO4. The van der Waals surface area contributed by atoms with Crippen LogP contribution in [0, 0.1) is 32.7 Å². The van der Waals surface area contributed by atoms with Gasteiger partial charge in [0.25, 0.3) is 0 Å². The molecule has 0 unspecified atom stereocenters. The van der Waals surface area contributed by atoms with Crippen LogP contribution in [0.4, 0.5) is 22.0 Å². The Labute approximate surface area is 142 Å². The normalized spacial score (nSPS) is 11.2. The maximum atomic E-state index is 13.9. The molecule has 0 saturated heterocycles. The summed E-state index contributed by atoms with van der Waals surface area (Å²) in [6.45, 7) is 3.22. The molecule has 0 aliphatic heterocycles. The van der Waals surface area contributed by atoms with E-state index in [1.807, 2.05) is 0 Å². The van der Waals surface area contributed by atoms with Crippen molar-refractivity contribution in [3.63, 3.8) is 0 Å². The quantitative estimate of drug-likeness (QED) is 0.255. The van der Waals surface area contributed by atoms with Crippen LogP contribution in [0.3, 0.4) is 0 Å². The van der Waals surface area contributed by atoms with Crippen LogP contribution < -0.4 is 0 Å². The zero-order valence-electron chi connectivity index (χ0n) is 12.7. The second-order valence-corrected chi connectivity index (χ2v) is 7.70. The summed E-state index contributed by atoms with van der Waals surface area (Å²) >= 11 is -4.23. The zero-order chi connectivity index (χ0) is 18.4. The Morgan fingerprint density at radius 1 is 0.750 bits per heavy atom. The Bertz CT molecular complexity index is 589. The molecule has 0 spiro atoms.